The second kappa shape index (κ2) is 4.87. The standard InChI is InChI=1S/C14H10F3NS2/c15-14(16,17)9-4-2-1-3-8(9)13(18)12-7-11-10(20-12)5-6-19-11/h1-7,13H,18H2. The molecule has 3 aromatic rings. The summed E-state index contributed by atoms with van der Waals surface area (Å²) in [6, 6.07) is 8.56. The first-order chi connectivity index (χ1) is 9.47. The van der Waals surface area contributed by atoms with Crippen molar-refractivity contribution >= 4 is 32.1 Å². The molecule has 0 aliphatic carbocycles. The topological polar surface area (TPSA) is 26.0 Å². The SMILES string of the molecule is NC(c1cc2sccc2s1)c1ccccc1C(F)(F)F. The van der Waals surface area contributed by atoms with Gasteiger partial charge in [-0.25, -0.2) is 0 Å². The molecule has 1 atom stereocenters. The smallest absolute Gasteiger partial charge is 0.320 e. The van der Waals surface area contributed by atoms with Gasteiger partial charge >= 0.3 is 6.18 Å². The molecule has 0 spiro atoms. The van der Waals surface area contributed by atoms with E-state index in [2.05, 4.69) is 0 Å². The van der Waals surface area contributed by atoms with Crippen LogP contribution in [0.5, 0.6) is 0 Å². The Kier molecular flexibility index (Phi) is 3.32. The molecular weight excluding hydrogens is 303 g/mol. The minimum Gasteiger partial charge on any atom is -0.320 e. The van der Waals surface area contributed by atoms with E-state index in [0.717, 1.165) is 20.3 Å². The van der Waals surface area contributed by atoms with Gasteiger partial charge in [-0.05, 0) is 29.1 Å². The van der Waals surface area contributed by atoms with Crippen molar-refractivity contribution < 1.29 is 13.2 Å². The van der Waals surface area contributed by atoms with E-state index < -0.39 is 17.8 Å². The van der Waals surface area contributed by atoms with Crippen LogP contribution in [-0.4, -0.2) is 0 Å². The van der Waals surface area contributed by atoms with Crippen molar-refractivity contribution in [2.24, 2.45) is 5.73 Å². The lowest BCUT2D eigenvalue weighted by Crippen LogP contribution is -2.17. The van der Waals surface area contributed by atoms with Gasteiger partial charge in [-0.2, -0.15) is 13.2 Å². The van der Waals surface area contributed by atoms with Crippen LogP contribution in [0, 0.1) is 0 Å². The first kappa shape index (κ1) is 13.6. The van der Waals surface area contributed by atoms with Crippen LogP contribution in [0.1, 0.15) is 22.0 Å². The lowest BCUT2D eigenvalue weighted by atomic mass is 9.99. The summed E-state index contributed by atoms with van der Waals surface area (Å²) in [5.74, 6) is 0. The number of benzene rings is 1. The van der Waals surface area contributed by atoms with Crippen molar-refractivity contribution in [1.29, 1.82) is 0 Å². The maximum Gasteiger partial charge on any atom is 0.416 e. The molecule has 0 bridgehead atoms. The van der Waals surface area contributed by atoms with Gasteiger partial charge in [-0.15, -0.1) is 22.7 Å². The molecule has 2 aromatic heterocycles. The molecule has 2 N–H and O–H groups in total. The largest absolute Gasteiger partial charge is 0.416 e. The summed E-state index contributed by atoms with van der Waals surface area (Å²) in [4.78, 5) is 0.753. The van der Waals surface area contributed by atoms with Gasteiger partial charge in [0.05, 0.1) is 11.6 Å². The molecule has 104 valence electrons. The Hall–Kier alpha value is -1.37. The number of fused-ring (bicyclic) bond motifs is 1. The number of halogens is 3. The zero-order valence-electron chi connectivity index (χ0n) is 10.1. The molecular formula is C14H10F3NS2. The molecule has 20 heavy (non-hydrogen) atoms. The Labute approximate surface area is 121 Å². The highest BCUT2D eigenvalue weighted by Gasteiger charge is 2.34. The van der Waals surface area contributed by atoms with Crippen LogP contribution in [0.25, 0.3) is 9.40 Å². The number of thiophene rings is 2. The molecule has 0 radical (unpaired) electrons. The number of nitrogens with two attached hydrogens (primary N) is 1. The second-order valence-corrected chi connectivity index (χ2v) is 6.42. The third-order valence-corrected chi connectivity index (χ3v) is 5.24. The fourth-order valence-corrected chi connectivity index (χ4v) is 4.26. The van der Waals surface area contributed by atoms with Gasteiger partial charge in [0.2, 0.25) is 0 Å². The molecule has 0 aliphatic rings. The first-order valence-electron chi connectivity index (χ1n) is 5.85. The van der Waals surface area contributed by atoms with Crippen LogP contribution >= 0.6 is 22.7 Å². The Balaban J connectivity index is 2.06. The maximum atomic E-state index is 13.0. The highest BCUT2D eigenvalue weighted by atomic mass is 32.1. The summed E-state index contributed by atoms with van der Waals surface area (Å²) >= 11 is 3.01. The van der Waals surface area contributed by atoms with Crippen molar-refractivity contribution in [2.45, 2.75) is 12.2 Å². The highest BCUT2D eigenvalue weighted by Crippen LogP contribution is 2.39. The summed E-state index contributed by atoms with van der Waals surface area (Å²) in [5.41, 5.74) is 5.51. The van der Waals surface area contributed by atoms with Gasteiger partial charge in [0.25, 0.3) is 0 Å². The number of alkyl halides is 3. The monoisotopic (exact) mass is 313 g/mol. The minimum atomic E-state index is -4.39. The number of rotatable bonds is 2. The van der Waals surface area contributed by atoms with Gasteiger partial charge in [0.15, 0.2) is 0 Å². The van der Waals surface area contributed by atoms with E-state index in [9.17, 15) is 13.2 Å². The van der Waals surface area contributed by atoms with Crippen molar-refractivity contribution in [3.8, 4) is 0 Å². The molecule has 0 aliphatic heterocycles. The van der Waals surface area contributed by atoms with Crippen LogP contribution in [0.3, 0.4) is 0 Å². The van der Waals surface area contributed by atoms with E-state index in [1.54, 1.807) is 17.4 Å². The Bertz CT molecular complexity index is 714. The van der Waals surface area contributed by atoms with Gasteiger partial charge in [-0.3, -0.25) is 0 Å². The molecule has 0 amide bonds. The van der Waals surface area contributed by atoms with Crippen molar-refractivity contribution in [1.82, 2.24) is 0 Å². The summed E-state index contributed by atoms with van der Waals surface area (Å²) in [5, 5.41) is 1.96. The summed E-state index contributed by atoms with van der Waals surface area (Å²) in [6.45, 7) is 0. The highest BCUT2D eigenvalue weighted by molar-refractivity contribution is 7.27. The fraction of sp³-hybridized carbons (Fsp3) is 0.143. The quantitative estimate of drug-likeness (QED) is 0.705. The average Bonchev–Trinajstić information content (AvgIpc) is 2.97. The van der Waals surface area contributed by atoms with E-state index >= 15 is 0 Å². The minimum absolute atomic E-state index is 0.119. The first-order valence-corrected chi connectivity index (χ1v) is 7.55. The van der Waals surface area contributed by atoms with E-state index in [1.165, 1.54) is 23.5 Å². The van der Waals surface area contributed by atoms with Crippen LogP contribution in [0.2, 0.25) is 0 Å². The van der Waals surface area contributed by atoms with Gasteiger partial charge < -0.3 is 5.73 Å². The Morgan fingerprint density at radius 1 is 1.05 bits per heavy atom. The van der Waals surface area contributed by atoms with E-state index in [4.69, 9.17) is 5.73 Å². The third-order valence-electron chi connectivity index (χ3n) is 3.07. The van der Waals surface area contributed by atoms with Crippen LogP contribution < -0.4 is 5.73 Å². The molecule has 2 heterocycles. The molecule has 0 saturated carbocycles. The van der Waals surface area contributed by atoms with Gasteiger partial charge in [-0.1, -0.05) is 18.2 Å². The van der Waals surface area contributed by atoms with Crippen molar-refractivity contribution in [3.05, 3.63) is 57.8 Å². The normalized spacial score (nSPS) is 13.8. The lowest BCUT2D eigenvalue weighted by Gasteiger charge is -2.17. The Morgan fingerprint density at radius 3 is 2.50 bits per heavy atom. The van der Waals surface area contributed by atoms with Crippen molar-refractivity contribution in [2.75, 3.05) is 0 Å². The van der Waals surface area contributed by atoms with Crippen LogP contribution in [0.4, 0.5) is 13.2 Å². The van der Waals surface area contributed by atoms with Crippen LogP contribution in [-0.2, 0) is 6.18 Å². The third kappa shape index (κ3) is 2.34. The van der Waals surface area contributed by atoms with Crippen molar-refractivity contribution in [3.63, 3.8) is 0 Å². The molecule has 1 nitrogen and oxygen atoms in total. The number of hydrogen-bond acceptors (Lipinski definition) is 3. The van der Waals surface area contributed by atoms with Crippen LogP contribution in [0.15, 0.2) is 41.8 Å². The van der Waals surface area contributed by atoms with E-state index in [1.807, 2.05) is 17.5 Å². The molecule has 0 fully saturated rings. The summed E-state index contributed by atoms with van der Waals surface area (Å²) < 4.78 is 41.2. The number of hydrogen-bond donors (Lipinski definition) is 1. The fourth-order valence-electron chi connectivity index (χ4n) is 2.12. The molecule has 1 aromatic carbocycles. The maximum absolute atomic E-state index is 13.0. The average molecular weight is 313 g/mol. The predicted octanol–water partition coefficient (Wildman–Crippen LogP) is 5.03. The van der Waals surface area contributed by atoms with Gasteiger partial charge in [0, 0.05) is 14.3 Å². The summed E-state index contributed by atoms with van der Waals surface area (Å²) in [6.07, 6.45) is -4.39. The zero-order chi connectivity index (χ0) is 14.3. The summed E-state index contributed by atoms with van der Waals surface area (Å²) in [7, 11) is 0. The lowest BCUT2D eigenvalue weighted by molar-refractivity contribution is -0.138. The second-order valence-electron chi connectivity index (χ2n) is 4.36. The van der Waals surface area contributed by atoms with E-state index in [-0.39, 0.29) is 5.56 Å². The van der Waals surface area contributed by atoms with Gasteiger partial charge in [0.1, 0.15) is 0 Å². The predicted molar refractivity (Wildman–Crippen MR) is 77.2 cm³/mol. The Morgan fingerprint density at radius 2 is 1.80 bits per heavy atom. The molecule has 6 heteroatoms. The van der Waals surface area contributed by atoms with E-state index in [0.29, 0.717) is 0 Å². The molecule has 0 saturated heterocycles. The zero-order valence-corrected chi connectivity index (χ0v) is 11.8. The molecule has 1 unspecified atom stereocenters. The molecule has 3 rings (SSSR count).